The van der Waals surface area contributed by atoms with Crippen molar-refractivity contribution >= 4 is 35.2 Å². The third kappa shape index (κ3) is 4.39. The molecule has 2 aromatic carbocycles. The zero-order valence-corrected chi connectivity index (χ0v) is 17.2. The number of carboxylic acid groups (broad SMARTS) is 1. The molecule has 0 bridgehead atoms. The highest BCUT2D eigenvalue weighted by molar-refractivity contribution is 6.36. The van der Waals surface area contributed by atoms with Crippen LogP contribution in [0.15, 0.2) is 49.0 Å². The van der Waals surface area contributed by atoms with Crippen molar-refractivity contribution in [2.24, 2.45) is 0 Å². The van der Waals surface area contributed by atoms with Crippen LogP contribution in [0.3, 0.4) is 0 Å². The van der Waals surface area contributed by atoms with Gasteiger partial charge in [-0.15, -0.1) is 0 Å². The van der Waals surface area contributed by atoms with Crippen molar-refractivity contribution < 1.29 is 19.4 Å². The number of aliphatic carboxylic acids is 1. The number of ether oxygens (including phenoxy) is 2. The Labute approximate surface area is 177 Å². The molecule has 3 aromatic rings. The van der Waals surface area contributed by atoms with Gasteiger partial charge in [-0.1, -0.05) is 54.1 Å². The van der Waals surface area contributed by atoms with E-state index >= 15 is 0 Å². The van der Waals surface area contributed by atoms with Crippen molar-refractivity contribution in [1.29, 1.82) is 0 Å². The summed E-state index contributed by atoms with van der Waals surface area (Å²) in [5, 5.41) is 14.0. The molecule has 0 saturated heterocycles. The molecule has 0 aliphatic carbocycles. The molecular formula is C21H18Cl2N2O4. The standard InChI is InChI=1S/C21H18Cl2N2O4/c1-4-15-12(2)24-25(14-8-6-5-7-9-14)20(15)29-19-11-18(16(22)10-17(19)23)28-13(3)21(26)27/h4-11,13H,1H2,2-3H3,(H,26,27)/t13-/m0/s1. The Morgan fingerprint density at radius 1 is 1.21 bits per heavy atom. The second-order valence-corrected chi connectivity index (χ2v) is 6.98. The fourth-order valence-corrected chi connectivity index (χ4v) is 3.09. The van der Waals surface area contributed by atoms with Gasteiger partial charge >= 0.3 is 5.97 Å². The molecule has 29 heavy (non-hydrogen) atoms. The minimum Gasteiger partial charge on any atom is -0.479 e. The van der Waals surface area contributed by atoms with E-state index in [0.29, 0.717) is 11.4 Å². The summed E-state index contributed by atoms with van der Waals surface area (Å²) in [6.07, 6.45) is 0.549. The number of halogens is 2. The summed E-state index contributed by atoms with van der Waals surface area (Å²) in [7, 11) is 0. The van der Waals surface area contributed by atoms with Crippen LogP contribution in [0, 0.1) is 6.92 Å². The number of aromatic nitrogens is 2. The maximum atomic E-state index is 11.1. The monoisotopic (exact) mass is 432 g/mol. The van der Waals surface area contributed by atoms with Gasteiger partial charge in [0.1, 0.15) is 5.75 Å². The van der Waals surface area contributed by atoms with Crippen LogP contribution in [0.2, 0.25) is 10.0 Å². The minimum atomic E-state index is -1.12. The van der Waals surface area contributed by atoms with Crippen molar-refractivity contribution in [2.75, 3.05) is 0 Å². The number of carbonyl (C=O) groups is 1. The molecule has 0 amide bonds. The van der Waals surface area contributed by atoms with E-state index in [1.165, 1.54) is 19.1 Å². The first-order valence-corrected chi connectivity index (χ1v) is 9.41. The molecule has 1 atom stereocenters. The average Bonchev–Trinajstić information content (AvgIpc) is 3.01. The van der Waals surface area contributed by atoms with E-state index in [2.05, 4.69) is 11.7 Å². The molecule has 6 nitrogen and oxygen atoms in total. The van der Waals surface area contributed by atoms with Gasteiger partial charge < -0.3 is 14.6 Å². The molecule has 1 heterocycles. The number of benzene rings is 2. The predicted molar refractivity (Wildman–Crippen MR) is 113 cm³/mol. The summed E-state index contributed by atoms with van der Waals surface area (Å²) in [4.78, 5) is 11.1. The lowest BCUT2D eigenvalue weighted by Gasteiger charge is -2.15. The van der Waals surface area contributed by atoms with E-state index in [1.54, 1.807) is 10.8 Å². The van der Waals surface area contributed by atoms with E-state index in [1.807, 2.05) is 37.3 Å². The van der Waals surface area contributed by atoms with Gasteiger partial charge in [-0.05, 0) is 32.0 Å². The molecule has 0 unspecified atom stereocenters. The summed E-state index contributed by atoms with van der Waals surface area (Å²) < 4.78 is 13.1. The lowest BCUT2D eigenvalue weighted by Crippen LogP contribution is -2.23. The van der Waals surface area contributed by atoms with E-state index < -0.39 is 12.1 Å². The molecular weight excluding hydrogens is 415 g/mol. The minimum absolute atomic E-state index is 0.142. The molecule has 1 N–H and O–H groups in total. The number of aryl methyl sites for hydroxylation is 1. The zero-order chi connectivity index (χ0) is 21.1. The highest BCUT2D eigenvalue weighted by atomic mass is 35.5. The average molecular weight is 433 g/mol. The van der Waals surface area contributed by atoms with Crippen LogP contribution in [0.5, 0.6) is 17.4 Å². The van der Waals surface area contributed by atoms with Crippen LogP contribution < -0.4 is 9.47 Å². The van der Waals surface area contributed by atoms with E-state index in [4.69, 9.17) is 37.8 Å². The van der Waals surface area contributed by atoms with Crippen LogP contribution >= 0.6 is 23.2 Å². The van der Waals surface area contributed by atoms with Crippen molar-refractivity contribution in [3.8, 4) is 23.1 Å². The summed E-state index contributed by atoms with van der Waals surface area (Å²) in [5.74, 6) is -0.331. The van der Waals surface area contributed by atoms with Crippen molar-refractivity contribution in [1.82, 2.24) is 9.78 Å². The number of nitrogens with zero attached hydrogens (tertiary/aromatic N) is 2. The smallest absolute Gasteiger partial charge is 0.344 e. The highest BCUT2D eigenvalue weighted by Gasteiger charge is 2.21. The molecule has 0 aliphatic heterocycles. The number of carboxylic acids is 1. The fraction of sp³-hybridized carbons (Fsp3) is 0.143. The van der Waals surface area contributed by atoms with E-state index in [-0.39, 0.29) is 21.5 Å². The lowest BCUT2D eigenvalue weighted by molar-refractivity contribution is -0.144. The molecule has 150 valence electrons. The number of hydrogen-bond acceptors (Lipinski definition) is 4. The second-order valence-electron chi connectivity index (χ2n) is 6.17. The van der Waals surface area contributed by atoms with Crippen molar-refractivity contribution in [2.45, 2.75) is 20.0 Å². The third-order valence-corrected chi connectivity index (χ3v) is 4.70. The molecule has 3 rings (SSSR count). The Hall–Kier alpha value is -2.96. The summed E-state index contributed by atoms with van der Waals surface area (Å²) in [5.41, 5.74) is 2.21. The Balaban J connectivity index is 2.06. The number of rotatable bonds is 7. The second kappa shape index (κ2) is 8.59. The molecule has 0 fully saturated rings. The van der Waals surface area contributed by atoms with Gasteiger partial charge in [0.25, 0.3) is 0 Å². The first-order chi connectivity index (χ1) is 13.8. The molecule has 1 aromatic heterocycles. The highest BCUT2D eigenvalue weighted by Crippen LogP contribution is 2.40. The van der Waals surface area contributed by atoms with Gasteiger partial charge in [0, 0.05) is 6.07 Å². The molecule has 0 saturated carbocycles. The predicted octanol–water partition coefficient (Wildman–Crippen LogP) is 5.77. The van der Waals surface area contributed by atoms with Crippen LogP contribution in [0.1, 0.15) is 18.2 Å². The van der Waals surface area contributed by atoms with Crippen LogP contribution in [0.4, 0.5) is 0 Å². The van der Waals surface area contributed by atoms with Gasteiger partial charge in [0.05, 0.1) is 27.0 Å². The Kier molecular flexibility index (Phi) is 6.15. The molecule has 0 spiro atoms. The van der Waals surface area contributed by atoms with Gasteiger partial charge in [0.15, 0.2) is 11.9 Å². The van der Waals surface area contributed by atoms with E-state index in [9.17, 15) is 4.79 Å². The summed E-state index contributed by atoms with van der Waals surface area (Å²) in [6, 6.07) is 12.3. The van der Waals surface area contributed by atoms with Gasteiger partial charge in [-0.3, -0.25) is 0 Å². The summed E-state index contributed by atoms with van der Waals surface area (Å²) in [6.45, 7) is 7.08. The van der Waals surface area contributed by atoms with Gasteiger partial charge in [-0.25, -0.2) is 4.79 Å². The topological polar surface area (TPSA) is 73.6 Å². The Morgan fingerprint density at radius 2 is 1.86 bits per heavy atom. The van der Waals surface area contributed by atoms with Gasteiger partial charge in [0.2, 0.25) is 5.88 Å². The first-order valence-electron chi connectivity index (χ1n) is 8.65. The molecule has 8 heteroatoms. The maximum absolute atomic E-state index is 11.1. The lowest BCUT2D eigenvalue weighted by atomic mass is 10.2. The quantitative estimate of drug-likeness (QED) is 0.512. The number of para-hydroxylation sites is 1. The van der Waals surface area contributed by atoms with Crippen LogP contribution in [-0.4, -0.2) is 27.0 Å². The first kappa shape index (κ1) is 20.8. The van der Waals surface area contributed by atoms with Crippen LogP contribution in [-0.2, 0) is 4.79 Å². The van der Waals surface area contributed by atoms with Gasteiger partial charge in [-0.2, -0.15) is 9.78 Å². The Morgan fingerprint density at radius 3 is 2.48 bits per heavy atom. The third-order valence-electron chi connectivity index (χ3n) is 4.11. The molecule has 0 aliphatic rings. The van der Waals surface area contributed by atoms with Crippen molar-refractivity contribution in [3.05, 3.63) is 70.3 Å². The molecule has 0 radical (unpaired) electrons. The largest absolute Gasteiger partial charge is 0.479 e. The fourth-order valence-electron chi connectivity index (χ4n) is 2.62. The number of hydrogen-bond donors (Lipinski definition) is 1. The Bertz CT molecular complexity index is 1060. The normalized spacial score (nSPS) is 11.7. The zero-order valence-electron chi connectivity index (χ0n) is 15.7. The van der Waals surface area contributed by atoms with E-state index in [0.717, 1.165) is 11.4 Å². The maximum Gasteiger partial charge on any atom is 0.344 e. The van der Waals surface area contributed by atoms with Crippen LogP contribution in [0.25, 0.3) is 11.8 Å². The van der Waals surface area contributed by atoms with Crippen molar-refractivity contribution in [3.63, 3.8) is 0 Å². The summed E-state index contributed by atoms with van der Waals surface area (Å²) >= 11 is 12.5. The SMILES string of the molecule is C=Cc1c(C)nn(-c2ccccc2)c1Oc1cc(O[C@@H](C)C(=O)O)c(Cl)cc1Cl.